The summed E-state index contributed by atoms with van der Waals surface area (Å²) in [6, 6.07) is 12.3. The van der Waals surface area contributed by atoms with Crippen LogP contribution in [0.3, 0.4) is 0 Å². The van der Waals surface area contributed by atoms with Crippen molar-refractivity contribution in [2.75, 3.05) is 39.5 Å². The number of ether oxygens (including phenoxy) is 4. The maximum absolute atomic E-state index is 13.1. The number of carboxylic acids is 1. The quantitative estimate of drug-likeness (QED) is 0.344. The normalized spacial score (nSPS) is 11.6. The van der Waals surface area contributed by atoms with Crippen molar-refractivity contribution in [3.63, 3.8) is 0 Å². The van der Waals surface area contributed by atoms with Crippen LogP contribution in [-0.2, 0) is 20.7 Å². The largest absolute Gasteiger partial charge is 0.492 e. The molecule has 1 amide bonds. The molecule has 0 fully saturated rings. The number of carboxylic acid groups (broad SMARTS) is 1. The van der Waals surface area contributed by atoms with Crippen molar-refractivity contribution in [1.29, 1.82) is 0 Å². The lowest BCUT2D eigenvalue weighted by Crippen LogP contribution is -2.38. The summed E-state index contributed by atoms with van der Waals surface area (Å²) in [5.74, 6) is -0.563. The summed E-state index contributed by atoms with van der Waals surface area (Å²) < 4.78 is 35.0. The number of carbonyl (C=O) groups is 2. The Balaban J connectivity index is 1.89. The van der Waals surface area contributed by atoms with E-state index in [1.807, 2.05) is 6.92 Å². The molecule has 0 aliphatic carbocycles. The van der Waals surface area contributed by atoms with Crippen LogP contribution in [0.25, 0.3) is 0 Å². The summed E-state index contributed by atoms with van der Waals surface area (Å²) in [4.78, 5) is 25.5. The van der Waals surface area contributed by atoms with Crippen LogP contribution in [-0.4, -0.2) is 67.7 Å². The first-order valence-electron chi connectivity index (χ1n) is 11.8. The van der Waals surface area contributed by atoms with Gasteiger partial charge in [0.15, 0.2) is 6.10 Å². The Bertz CT molecular complexity index is 890. The number of halogens is 1. The van der Waals surface area contributed by atoms with Gasteiger partial charge in [-0.05, 0) is 61.7 Å². The Hall–Kier alpha value is -3.17. The summed E-state index contributed by atoms with van der Waals surface area (Å²) in [6.07, 6.45) is 0.367. The molecule has 2 rings (SSSR count). The minimum Gasteiger partial charge on any atom is -0.492 e. The lowest BCUT2D eigenvalue weighted by Gasteiger charge is -2.22. The molecule has 1 unspecified atom stereocenters. The molecule has 0 aliphatic heterocycles. The number of hydrogen-bond donors (Lipinski definition) is 1. The minimum atomic E-state index is -1.00. The molecule has 0 radical (unpaired) electrons. The summed E-state index contributed by atoms with van der Waals surface area (Å²) in [6.45, 7) is 6.21. The molecular weight excluding hydrogens is 457 g/mol. The summed E-state index contributed by atoms with van der Waals surface area (Å²) in [7, 11) is 0. The van der Waals surface area contributed by atoms with Gasteiger partial charge in [0.2, 0.25) is 0 Å². The zero-order valence-corrected chi connectivity index (χ0v) is 20.3. The van der Waals surface area contributed by atoms with E-state index < -0.39 is 24.0 Å². The molecule has 192 valence electrons. The van der Waals surface area contributed by atoms with Crippen molar-refractivity contribution in [3.05, 3.63) is 59.9 Å². The van der Waals surface area contributed by atoms with E-state index >= 15 is 0 Å². The SMILES string of the molecule is CCCOCCCN(CCOc1ccc(CC(OCC)C(=O)O)cc1)C(=O)Oc1ccc(F)cc1. The molecule has 0 bridgehead atoms. The molecule has 1 N–H and O–H groups in total. The van der Waals surface area contributed by atoms with Crippen LogP contribution in [0.4, 0.5) is 9.18 Å². The molecule has 0 heterocycles. The van der Waals surface area contributed by atoms with E-state index in [1.165, 1.54) is 29.2 Å². The van der Waals surface area contributed by atoms with Crippen molar-refractivity contribution < 1.29 is 38.0 Å². The number of benzene rings is 2. The fourth-order valence-corrected chi connectivity index (χ4v) is 3.19. The van der Waals surface area contributed by atoms with Gasteiger partial charge in [-0.3, -0.25) is 0 Å². The maximum Gasteiger partial charge on any atom is 0.415 e. The van der Waals surface area contributed by atoms with Gasteiger partial charge >= 0.3 is 12.1 Å². The van der Waals surface area contributed by atoms with E-state index in [9.17, 15) is 19.1 Å². The molecule has 2 aromatic carbocycles. The maximum atomic E-state index is 13.1. The standard InChI is InChI=1S/C26H34FNO7/c1-3-16-32-17-5-14-28(26(31)35-23-12-8-21(27)9-13-23)15-18-34-22-10-6-20(7-11-22)19-24(25(29)30)33-4-2/h6-13,24H,3-5,14-19H2,1-2H3,(H,29,30). The third kappa shape index (κ3) is 10.7. The number of carbonyl (C=O) groups excluding carboxylic acids is 1. The highest BCUT2D eigenvalue weighted by Gasteiger charge is 2.18. The van der Waals surface area contributed by atoms with Gasteiger partial charge in [-0.1, -0.05) is 19.1 Å². The predicted octanol–water partition coefficient (Wildman–Crippen LogP) is 4.55. The van der Waals surface area contributed by atoms with Crippen LogP contribution in [0, 0.1) is 5.82 Å². The first-order valence-corrected chi connectivity index (χ1v) is 11.8. The number of rotatable bonds is 16. The third-order valence-electron chi connectivity index (χ3n) is 4.96. The monoisotopic (exact) mass is 491 g/mol. The van der Waals surface area contributed by atoms with Gasteiger partial charge in [-0.15, -0.1) is 0 Å². The van der Waals surface area contributed by atoms with E-state index in [4.69, 9.17) is 18.9 Å². The second-order valence-electron chi connectivity index (χ2n) is 7.75. The van der Waals surface area contributed by atoms with Gasteiger partial charge < -0.3 is 29.0 Å². The zero-order valence-electron chi connectivity index (χ0n) is 20.3. The van der Waals surface area contributed by atoms with Crippen LogP contribution in [0.15, 0.2) is 48.5 Å². The number of nitrogens with zero attached hydrogens (tertiary/aromatic N) is 1. The third-order valence-corrected chi connectivity index (χ3v) is 4.96. The summed E-state index contributed by atoms with van der Waals surface area (Å²) in [5.41, 5.74) is 0.815. The molecule has 0 saturated carbocycles. The molecule has 2 aromatic rings. The summed E-state index contributed by atoms with van der Waals surface area (Å²) >= 11 is 0. The fraction of sp³-hybridized carbons (Fsp3) is 0.462. The van der Waals surface area contributed by atoms with E-state index in [-0.39, 0.29) is 25.3 Å². The van der Waals surface area contributed by atoms with Gasteiger partial charge in [0, 0.05) is 32.8 Å². The van der Waals surface area contributed by atoms with Crippen molar-refractivity contribution in [3.8, 4) is 11.5 Å². The lowest BCUT2D eigenvalue weighted by atomic mass is 10.1. The second-order valence-corrected chi connectivity index (χ2v) is 7.75. The van der Waals surface area contributed by atoms with Gasteiger partial charge in [0.1, 0.15) is 23.9 Å². The Labute approximate surface area is 205 Å². The Morgan fingerprint density at radius 2 is 1.63 bits per heavy atom. The summed E-state index contributed by atoms with van der Waals surface area (Å²) in [5, 5.41) is 9.23. The van der Waals surface area contributed by atoms with Crippen molar-refractivity contribution in [2.24, 2.45) is 0 Å². The Kier molecular flexibility index (Phi) is 12.6. The lowest BCUT2D eigenvalue weighted by molar-refractivity contribution is -0.149. The van der Waals surface area contributed by atoms with Gasteiger partial charge in [-0.2, -0.15) is 0 Å². The molecule has 8 nitrogen and oxygen atoms in total. The number of amides is 1. The first-order chi connectivity index (χ1) is 16.9. The average Bonchev–Trinajstić information content (AvgIpc) is 2.84. The highest BCUT2D eigenvalue weighted by atomic mass is 19.1. The molecule has 0 saturated heterocycles. The van der Waals surface area contributed by atoms with Crippen LogP contribution in [0.2, 0.25) is 0 Å². The highest BCUT2D eigenvalue weighted by molar-refractivity contribution is 5.72. The molecular formula is C26H34FNO7. The van der Waals surface area contributed by atoms with Crippen molar-refractivity contribution >= 4 is 12.1 Å². The fourth-order valence-electron chi connectivity index (χ4n) is 3.19. The van der Waals surface area contributed by atoms with E-state index in [1.54, 1.807) is 31.2 Å². The van der Waals surface area contributed by atoms with Crippen LogP contribution in [0.1, 0.15) is 32.3 Å². The van der Waals surface area contributed by atoms with Crippen LogP contribution < -0.4 is 9.47 Å². The molecule has 35 heavy (non-hydrogen) atoms. The number of hydrogen-bond acceptors (Lipinski definition) is 6. The predicted molar refractivity (Wildman–Crippen MR) is 128 cm³/mol. The van der Waals surface area contributed by atoms with Gasteiger partial charge in [0.25, 0.3) is 0 Å². The van der Waals surface area contributed by atoms with E-state index in [2.05, 4.69) is 0 Å². The molecule has 1 atom stereocenters. The second kappa shape index (κ2) is 15.7. The first kappa shape index (κ1) is 28.1. The average molecular weight is 492 g/mol. The topological polar surface area (TPSA) is 94.5 Å². The van der Waals surface area contributed by atoms with Crippen LogP contribution in [0.5, 0.6) is 11.5 Å². The molecule has 0 aliphatic rings. The highest BCUT2D eigenvalue weighted by Crippen LogP contribution is 2.16. The smallest absolute Gasteiger partial charge is 0.415 e. The van der Waals surface area contributed by atoms with Gasteiger partial charge in [-0.25, -0.2) is 14.0 Å². The Morgan fingerprint density at radius 3 is 2.26 bits per heavy atom. The van der Waals surface area contributed by atoms with Gasteiger partial charge in [0.05, 0.1) is 6.54 Å². The number of aliphatic carboxylic acids is 1. The molecule has 9 heteroatoms. The zero-order chi connectivity index (χ0) is 25.5. The van der Waals surface area contributed by atoms with Crippen LogP contribution >= 0.6 is 0 Å². The van der Waals surface area contributed by atoms with Crippen molar-refractivity contribution in [1.82, 2.24) is 4.90 Å². The molecule has 0 spiro atoms. The van der Waals surface area contributed by atoms with Crippen molar-refractivity contribution in [2.45, 2.75) is 39.2 Å². The minimum absolute atomic E-state index is 0.227. The molecule has 0 aromatic heterocycles. The van der Waals surface area contributed by atoms with E-state index in [0.717, 1.165) is 12.0 Å². The Morgan fingerprint density at radius 1 is 0.943 bits per heavy atom. The van der Waals surface area contributed by atoms with E-state index in [0.29, 0.717) is 38.5 Å².